The highest BCUT2D eigenvalue weighted by Crippen LogP contribution is 2.39. The summed E-state index contributed by atoms with van der Waals surface area (Å²) in [5, 5.41) is 10.7. The lowest BCUT2D eigenvalue weighted by Crippen LogP contribution is -2.06. The monoisotopic (exact) mass is 336 g/mol. The second kappa shape index (κ2) is 6.29. The maximum atomic E-state index is 10.7. The highest BCUT2D eigenvalue weighted by Gasteiger charge is 2.22. The first-order valence-electron chi connectivity index (χ1n) is 6.24. The van der Waals surface area contributed by atoms with Crippen LogP contribution in [0.3, 0.4) is 0 Å². The van der Waals surface area contributed by atoms with Gasteiger partial charge in [-0.1, -0.05) is 34.1 Å². The fourth-order valence-corrected chi connectivity index (χ4v) is 2.61. The molecular formula is C16H17BrO3. The Morgan fingerprint density at radius 1 is 1.00 bits per heavy atom. The van der Waals surface area contributed by atoms with Crippen molar-refractivity contribution in [3.8, 4) is 11.5 Å². The molecule has 106 valence electrons. The molecule has 0 aromatic heterocycles. The van der Waals surface area contributed by atoms with Gasteiger partial charge in [0.15, 0.2) is 0 Å². The number of methoxy groups -OCH3 is 2. The summed E-state index contributed by atoms with van der Waals surface area (Å²) in [5.41, 5.74) is 2.45. The van der Waals surface area contributed by atoms with Crippen LogP contribution in [0.5, 0.6) is 11.5 Å². The Kier molecular flexibility index (Phi) is 4.68. The van der Waals surface area contributed by atoms with E-state index in [1.807, 2.05) is 43.3 Å². The van der Waals surface area contributed by atoms with Crippen molar-refractivity contribution in [1.29, 1.82) is 0 Å². The smallest absolute Gasteiger partial charge is 0.128 e. The highest BCUT2D eigenvalue weighted by molar-refractivity contribution is 9.10. The Morgan fingerprint density at radius 2 is 1.55 bits per heavy atom. The van der Waals surface area contributed by atoms with Gasteiger partial charge in [0, 0.05) is 4.47 Å². The fraction of sp³-hybridized carbons (Fsp3) is 0.250. The van der Waals surface area contributed by atoms with Gasteiger partial charge in [0.2, 0.25) is 0 Å². The van der Waals surface area contributed by atoms with E-state index in [-0.39, 0.29) is 0 Å². The van der Waals surface area contributed by atoms with Crippen molar-refractivity contribution >= 4 is 15.9 Å². The van der Waals surface area contributed by atoms with Crippen LogP contribution in [0.25, 0.3) is 0 Å². The van der Waals surface area contributed by atoms with Crippen LogP contribution in [0, 0.1) is 6.92 Å². The molecule has 0 radical (unpaired) electrons. The molecule has 0 amide bonds. The van der Waals surface area contributed by atoms with Gasteiger partial charge in [-0.05, 0) is 36.2 Å². The number of rotatable bonds is 4. The van der Waals surface area contributed by atoms with E-state index in [1.54, 1.807) is 14.2 Å². The average molecular weight is 337 g/mol. The number of aliphatic hydroxyl groups is 1. The normalized spacial score (nSPS) is 12.1. The number of benzene rings is 2. The molecule has 0 saturated heterocycles. The molecule has 0 bridgehead atoms. The highest BCUT2D eigenvalue weighted by atomic mass is 79.9. The molecular weight excluding hydrogens is 320 g/mol. The summed E-state index contributed by atoms with van der Waals surface area (Å²) in [7, 11) is 3.16. The molecule has 2 aromatic rings. The van der Waals surface area contributed by atoms with E-state index in [4.69, 9.17) is 9.47 Å². The number of halogens is 1. The minimum atomic E-state index is -0.807. The zero-order chi connectivity index (χ0) is 14.7. The average Bonchev–Trinajstić information content (AvgIpc) is 2.48. The third-order valence-corrected chi connectivity index (χ3v) is 4.20. The topological polar surface area (TPSA) is 38.7 Å². The van der Waals surface area contributed by atoms with Gasteiger partial charge in [0.25, 0.3) is 0 Å². The van der Waals surface area contributed by atoms with Crippen LogP contribution < -0.4 is 9.47 Å². The maximum Gasteiger partial charge on any atom is 0.128 e. The Bertz CT molecular complexity index is 588. The molecule has 2 rings (SSSR count). The van der Waals surface area contributed by atoms with Gasteiger partial charge in [-0.2, -0.15) is 0 Å². The Labute approximate surface area is 127 Å². The van der Waals surface area contributed by atoms with Crippen molar-refractivity contribution in [2.24, 2.45) is 0 Å². The summed E-state index contributed by atoms with van der Waals surface area (Å²) in [4.78, 5) is 0. The molecule has 3 nitrogen and oxygen atoms in total. The van der Waals surface area contributed by atoms with Crippen LogP contribution >= 0.6 is 15.9 Å². The molecule has 0 aliphatic heterocycles. The maximum absolute atomic E-state index is 10.7. The van der Waals surface area contributed by atoms with Crippen molar-refractivity contribution in [2.75, 3.05) is 14.2 Å². The van der Waals surface area contributed by atoms with Gasteiger partial charge < -0.3 is 14.6 Å². The van der Waals surface area contributed by atoms with E-state index in [0.717, 1.165) is 15.6 Å². The van der Waals surface area contributed by atoms with E-state index in [2.05, 4.69) is 15.9 Å². The van der Waals surface area contributed by atoms with E-state index in [0.29, 0.717) is 17.1 Å². The molecule has 4 heteroatoms. The molecule has 2 aromatic carbocycles. The zero-order valence-electron chi connectivity index (χ0n) is 11.7. The minimum Gasteiger partial charge on any atom is -0.496 e. The Balaban J connectivity index is 2.58. The standard InChI is InChI=1S/C16H17BrO3/c1-10-11(6-4-7-12(10)17)16(18)15-13(19-2)8-5-9-14(15)20-3/h4-9,16,18H,1-3H3. The van der Waals surface area contributed by atoms with Gasteiger partial charge in [0.05, 0.1) is 19.8 Å². The van der Waals surface area contributed by atoms with Gasteiger partial charge >= 0.3 is 0 Å². The molecule has 0 saturated carbocycles. The summed E-state index contributed by atoms with van der Waals surface area (Å²) in [6, 6.07) is 11.2. The number of hydrogen-bond acceptors (Lipinski definition) is 3. The minimum absolute atomic E-state index is 0.608. The van der Waals surface area contributed by atoms with Crippen molar-refractivity contribution < 1.29 is 14.6 Å². The molecule has 1 atom stereocenters. The number of ether oxygens (including phenoxy) is 2. The lowest BCUT2D eigenvalue weighted by Gasteiger charge is -2.20. The van der Waals surface area contributed by atoms with Crippen molar-refractivity contribution in [3.05, 3.63) is 57.6 Å². The lowest BCUT2D eigenvalue weighted by molar-refractivity contribution is 0.208. The SMILES string of the molecule is COc1cccc(OC)c1C(O)c1cccc(Br)c1C. The first-order chi connectivity index (χ1) is 9.60. The van der Waals surface area contributed by atoms with Crippen LogP contribution in [-0.2, 0) is 0 Å². The number of aliphatic hydroxyl groups excluding tert-OH is 1. The van der Waals surface area contributed by atoms with Crippen molar-refractivity contribution in [2.45, 2.75) is 13.0 Å². The fourth-order valence-electron chi connectivity index (χ4n) is 2.23. The first kappa shape index (κ1) is 14.9. The van der Waals surface area contributed by atoms with E-state index in [9.17, 15) is 5.11 Å². The molecule has 20 heavy (non-hydrogen) atoms. The predicted octanol–water partition coefficient (Wildman–Crippen LogP) is 3.86. The van der Waals surface area contributed by atoms with E-state index in [1.165, 1.54) is 0 Å². The number of hydrogen-bond donors (Lipinski definition) is 1. The molecule has 0 fully saturated rings. The summed E-state index contributed by atoms with van der Waals surface area (Å²) >= 11 is 3.48. The lowest BCUT2D eigenvalue weighted by atomic mass is 9.96. The zero-order valence-corrected chi connectivity index (χ0v) is 13.3. The second-order valence-corrected chi connectivity index (χ2v) is 5.29. The second-order valence-electron chi connectivity index (χ2n) is 4.43. The molecule has 1 unspecified atom stereocenters. The summed E-state index contributed by atoms with van der Waals surface area (Å²) in [5.74, 6) is 1.22. The van der Waals surface area contributed by atoms with Crippen molar-refractivity contribution in [3.63, 3.8) is 0 Å². The quantitative estimate of drug-likeness (QED) is 0.921. The Morgan fingerprint density at radius 3 is 2.10 bits per heavy atom. The first-order valence-corrected chi connectivity index (χ1v) is 7.03. The van der Waals surface area contributed by atoms with Crippen LogP contribution in [-0.4, -0.2) is 19.3 Å². The van der Waals surface area contributed by atoms with Gasteiger partial charge in [-0.25, -0.2) is 0 Å². The van der Waals surface area contributed by atoms with Crippen LogP contribution in [0.4, 0.5) is 0 Å². The van der Waals surface area contributed by atoms with Crippen LogP contribution in [0.1, 0.15) is 22.8 Å². The molecule has 1 N–H and O–H groups in total. The molecule has 0 heterocycles. The predicted molar refractivity (Wildman–Crippen MR) is 82.5 cm³/mol. The summed E-state index contributed by atoms with van der Waals surface area (Å²) in [6.45, 7) is 1.96. The van der Waals surface area contributed by atoms with E-state index < -0.39 is 6.10 Å². The summed E-state index contributed by atoms with van der Waals surface area (Å²) < 4.78 is 11.7. The Hall–Kier alpha value is -1.52. The molecule has 0 aliphatic rings. The van der Waals surface area contributed by atoms with Crippen LogP contribution in [0.2, 0.25) is 0 Å². The molecule has 0 aliphatic carbocycles. The van der Waals surface area contributed by atoms with Gasteiger partial charge in [-0.3, -0.25) is 0 Å². The van der Waals surface area contributed by atoms with E-state index >= 15 is 0 Å². The van der Waals surface area contributed by atoms with Gasteiger partial charge in [0.1, 0.15) is 17.6 Å². The molecule has 0 spiro atoms. The third kappa shape index (κ3) is 2.67. The third-order valence-electron chi connectivity index (χ3n) is 3.34. The van der Waals surface area contributed by atoms with Gasteiger partial charge in [-0.15, -0.1) is 0 Å². The van der Waals surface area contributed by atoms with Crippen molar-refractivity contribution in [1.82, 2.24) is 0 Å². The van der Waals surface area contributed by atoms with Crippen LogP contribution in [0.15, 0.2) is 40.9 Å². The summed E-state index contributed by atoms with van der Waals surface area (Å²) in [6.07, 6.45) is -0.807. The largest absolute Gasteiger partial charge is 0.496 e.